The second-order valence-electron chi connectivity index (χ2n) is 7.14. The lowest BCUT2D eigenvalue weighted by Crippen LogP contribution is -2.28. The second kappa shape index (κ2) is 7.44. The summed E-state index contributed by atoms with van der Waals surface area (Å²) in [6, 6.07) is 0. The minimum absolute atomic E-state index is 0.657. The monoisotopic (exact) mass is 299 g/mol. The molecule has 0 N–H and O–H groups in total. The van der Waals surface area contributed by atoms with E-state index in [9.17, 15) is 0 Å². The first kappa shape index (κ1) is 17.2. The predicted molar refractivity (Wildman–Crippen MR) is 98.2 cm³/mol. The van der Waals surface area contributed by atoms with Gasteiger partial charge in [0.05, 0.1) is 0 Å². The molecule has 1 nitrogen and oxygen atoms in total. The van der Waals surface area contributed by atoms with E-state index in [1.807, 2.05) is 13.1 Å². The van der Waals surface area contributed by atoms with Crippen molar-refractivity contribution in [2.45, 2.75) is 73.6 Å². The van der Waals surface area contributed by atoms with Gasteiger partial charge in [0.25, 0.3) is 0 Å². The van der Waals surface area contributed by atoms with E-state index < -0.39 is 0 Å². The Kier molecular flexibility index (Phi) is 5.83. The number of rotatable bonds is 5. The largest absolute Gasteiger partial charge is 0.265 e. The SMILES string of the molecule is CC=NC1=C(/C(=C(/C)CC)C2CCC2C)C(C)=CC(CC)C1. The van der Waals surface area contributed by atoms with Gasteiger partial charge in [0.15, 0.2) is 0 Å². The fourth-order valence-corrected chi connectivity index (χ4v) is 3.98. The highest BCUT2D eigenvalue weighted by molar-refractivity contribution is 5.60. The van der Waals surface area contributed by atoms with Gasteiger partial charge in [0, 0.05) is 17.5 Å². The maximum atomic E-state index is 4.80. The Morgan fingerprint density at radius 1 is 1.32 bits per heavy atom. The van der Waals surface area contributed by atoms with Gasteiger partial charge in [-0.05, 0) is 81.8 Å². The summed E-state index contributed by atoms with van der Waals surface area (Å²) in [5, 5.41) is 0. The van der Waals surface area contributed by atoms with Gasteiger partial charge in [-0.25, -0.2) is 0 Å². The lowest BCUT2D eigenvalue weighted by Gasteiger charge is -2.40. The van der Waals surface area contributed by atoms with E-state index in [1.165, 1.54) is 36.1 Å². The molecule has 1 saturated carbocycles. The predicted octanol–water partition coefficient (Wildman–Crippen LogP) is 6.48. The van der Waals surface area contributed by atoms with Crippen LogP contribution in [0.15, 0.2) is 39.1 Å². The molecule has 0 radical (unpaired) electrons. The Morgan fingerprint density at radius 2 is 2.05 bits per heavy atom. The number of aliphatic imine (C=N–C) groups is 1. The lowest BCUT2D eigenvalue weighted by molar-refractivity contribution is 0.237. The van der Waals surface area contributed by atoms with Gasteiger partial charge in [-0.3, -0.25) is 4.99 Å². The first-order valence-corrected chi connectivity index (χ1v) is 9.13. The maximum Gasteiger partial charge on any atom is 0.0483 e. The maximum absolute atomic E-state index is 4.80. The number of hydrogen-bond donors (Lipinski definition) is 0. The number of allylic oxidation sites excluding steroid dienone is 6. The van der Waals surface area contributed by atoms with Crippen LogP contribution in [0.3, 0.4) is 0 Å². The highest BCUT2D eigenvalue weighted by Crippen LogP contribution is 2.48. The van der Waals surface area contributed by atoms with E-state index in [0.717, 1.165) is 24.7 Å². The van der Waals surface area contributed by atoms with E-state index in [1.54, 1.807) is 11.1 Å². The summed E-state index contributed by atoms with van der Waals surface area (Å²) < 4.78 is 0. The first-order valence-electron chi connectivity index (χ1n) is 9.13. The van der Waals surface area contributed by atoms with Crippen LogP contribution >= 0.6 is 0 Å². The summed E-state index contributed by atoms with van der Waals surface area (Å²) in [5.41, 5.74) is 7.47. The van der Waals surface area contributed by atoms with Gasteiger partial charge in [0.2, 0.25) is 0 Å². The van der Waals surface area contributed by atoms with E-state index in [0.29, 0.717) is 5.92 Å². The quantitative estimate of drug-likeness (QED) is 0.515. The van der Waals surface area contributed by atoms with Crippen molar-refractivity contribution in [1.29, 1.82) is 0 Å². The molecule has 0 aromatic carbocycles. The Hall–Kier alpha value is -1.11. The van der Waals surface area contributed by atoms with Crippen LogP contribution in [-0.4, -0.2) is 6.21 Å². The molecule has 3 unspecified atom stereocenters. The third-order valence-electron chi connectivity index (χ3n) is 5.68. The van der Waals surface area contributed by atoms with Crippen molar-refractivity contribution in [3.05, 3.63) is 34.1 Å². The fourth-order valence-electron chi connectivity index (χ4n) is 3.98. The molecule has 22 heavy (non-hydrogen) atoms. The summed E-state index contributed by atoms with van der Waals surface area (Å²) in [7, 11) is 0. The summed E-state index contributed by atoms with van der Waals surface area (Å²) >= 11 is 0. The van der Waals surface area contributed by atoms with Gasteiger partial charge in [-0.15, -0.1) is 0 Å². The molecule has 0 amide bonds. The summed E-state index contributed by atoms with van der Waals surface area (Å²) in [4.78, 5) is 4.80. The van der Waals surface area contributed by atoms with Gasteiger partial charge in [0.1, 0.15) is 0 Å². The van der Waals surface area contributed by atoms with Crippen molar-refractivity contribution < 1.29 is 0 Å². The van der Waals surface area contributed by atoms with Gasteiger partial charge in [-0.1, -0.05) is 32.4 Å². The lowest BCUT2D eigenvalue weighted by atomic mass is 9.65. The highest BCUT2D eigenvalue weighted by atomic mass is 14.7. The molecule has 0 heterocycles. The van der Waals surface area contributed by atoms with Crippen LogP contribution < -0.4 is 0 Å². The van der Waals surface area contributed by atoms with Gasteiger partial charge >= 0.3 is 0 Å². The molecule has 0 spiro atoms. The van der Waals surface area contributed by atoms with Crippen molar-refractivity contribution in [3.63, 3.8) is 0 Å². The molecule has 0 saturated heterocycles. The van der Waals surface area contributed by atoms with E-state index in [-0.39, 0.29) is 0 Å². The molecule has 0 aromatic heterocycles. The van der Waals surface area contributed by atoms with Crippen LogP contribution in [0.25, 0.3) is 0 Å². The molecule has 0 bridgehead atoms. The molecule has 0 aliphatic heterocycles. The van der Waals surface area contributed by atoms with Crippen LogP contribution in [0, 0.1) is 17.8 Å². The zero-order valence-corrected chi connectivity index (χ0v) is 15.4. The molecule has 0 aromatic rings. The summed E-state index contributed by atoms with van der Waals surface area (Å²) in [6.07, 6.45) is 10.7. The van der Waals surface area contributed by atoms with Crippen molar-refractivity contribution in [1.82, 2.24) is 0 Å². The topological polar surface area (TPSA) is 12.4 Å². The average Bonchev–Trinajstić information content (AvgIpc) is 2.50. The normalized spacial score (nSPS) is 30.3. The van der Waals surface area contributed by atoms with Gasteiger partial charge in [-0.2, -0.15) is 0 Å². The minimum Gasteiger partial charge on any atom is -0.265 e. The van der Waals surface area contributed by atoms with Crippen molar-refractivity contribution in [2.75, 3.05) is 0 Å². The molecule has 2 aliphatic rings. The molecule has 2 aliphatic carbocycles. The summed E-state index contributed by atoms with van der Waals surface area (Å²) in [5.74, 6) is 2.23. The minimum atomic E-state index is 0.657. The molecule has 122 valence electrons. The van der Waals surface area contributed by atoms with E-state index in [2.05, 4.69) is 40.7 Å². The zero-order valence-electron chi connectivity index (χ0n) is 15.4. The molecule has 2 rings (SSSR count). The van der Waals surface area contributed by atoms with Crippen LogP contribution in [0.2, 0.25) is 0 Å². The van der Waals surface area contributed by atoms with E-state index in [4.69, 9.17) is 4.99 Å². The van der Waals surface area contributed by atoms with Crippen LogP contribution in [0.4, 0.5) is 0 Å². The smallest absolute Gasteiger partial charge is 0.0483 e. The Labute approximate surface area is 137 Å². The Bertz CT molecular complexity index is 530. The number of hydrogen-bond acceptors (Lipinski definition) is 1. The van der Waals surface area contributed by atoms with Crippen molar-refractivity contribution in [2.24, 2.45) is 22.7 Å². The van der Waals surface area contributed by atoms with Crippen LogP contribution in [0.1, 0.15) is 73.6 Å². The molecule has 3 atom stereocenters. The van der Waals surface area contributed by atoms with E-state index >= 15 is 0 Å². The van der Waals surface area contributed by atoms with Crippen LogP contribution in [0.5, 0.6) is 0 Å². The zero-order chi connectivity index (χ0) is 16.3. The third-order valence-corrected chi connectivity index (χ3v) is 5.68. The Morgan fingerprint density at radius 3 is 2.50 bits per heavy atom. The van der Waals surface area contributed by atoms with Crippen LogP contribution in [-0.2, 0) is 0 Å². The second-order valence-corrected chi connectivity index (χ2v) is 7.14. The Balaban J connectivity index is 2.54. The van der Waals surface area contributed by atoms with Gasteiger partial charge < -0.3 is 0 Å². The van der Waals surface area contributed by atoms with Crippen molar-refractivity contribution >= 4 is 6.21 Å². The highest BCUT2D eigenvalue weighted by Gasteiger charge is 2.35. The van der Waals surface area contributed by atoms with Crippen molar-refractivity contribution in [3.8, 4) is 0 Å². The first-order chi connectivity index (χ1) is 10.5. The fraction of sp³-hybridized carbons (Fsp3) is 0.667. The summed E-state index contributed by atoms with van der Waals surface area (Å²) in [6.45, 7) is 13.7. The number of nitrogens with zero attached hydrogens (tertiary/aromatic N) is 1. The molecular formula is C21H33N. The molecular weight excluding hydrogens is 266 g/mol. The molecule has 1 heteroatoms. The average molecular weight is 300 g/mol. The standard InChI is InChI=1S/C21H33N/c1-7-14(4)20(18-11-10-15(18)5)21-16(6)12-17(8-2)13-19(21)22-9-3/h9,12,15,17-18H,7-8,10-11,13H2,1-6H3/b20-14-,22-9?. The molecule has 1 fully saturated rings. The third kappa shape index (κ3) is 3.29.